The Morgan fingerprint density at radius 3 is 2.57 bits per heavy atom. The van der Waals surface area contributed by atoms with Crippen molar-refractivity contribution in [3.05, 3.63) is 65.5 Å². The molecule has 0 saturated heterocycles. The predicted molar refractivity (Wildman–Crippen MR) is 84.0 cm³/mol. The molecule has 2 aromatic rings. The van der Waals surface area contributed by atoms with Gasteiger partial charge in [-0.1, -0.05) is 42.5 Å². The molecule has 2 rings (SSSR count). The molecular weight excluding hydrogens is 265 g/mol. The summed E-state index contributed by atoms with van der Waals surface area (Å²) in [6.07, 6.45) is 2.05. The van der Waals surface area contributed by atoms with E-state index in [0.717, 1.165) is 12.8 Å². The first-order chi connectivity index (χ1) is 10.2. The van der Waals surface area contributed by atoms with E-state index in [4.69, 9.17) is 4.74 Å². The molecular formula is C18H22FNO. The molecule has 0 fully saturated rings. The van der Waals surface area contributed by atoms with Crippen molar-refractivity contribution in [2.75, 3.05) is 7.11 Å². The van der Waals surface area contributed by atoms with Crippen molar-refractivity contribution in [3.63, 3.8) is 0 Å². The minimum absolute atomic E-state index is 0.275. The molecule has 2 aromatic carbocycles. The third kappa shape index (κ3) is 4.57. The molecule has 2 nitrogen and oxygen atoms in total. The highest BCUT2D eigenvalue weighted by atomic mass is 19.1. The van der Waals surface area contributed by atoms with Gasteiger partial charge < -0.3 is 10.1 Å². The fourth-order valence-electron chi connectivity index (χ4n) is 2.26. The Morgan fingerprint density at radius 1 is 1.10 bits per heavy atom. The minimum Gasteiger partial charge on any atom is -0.494 e. The highest BCUT2D eigenvalue weighted by Crippen LogP contribution is 2.19. The summed E-state index contributed by atoms with van der Waals surface area (Å²) in [5.41, 5.74) is 1.97. The van der Waals surface area contributed by atoms with Crippen molar-refractivity contribution in [2.45, 2.75) is 32.4 Å². The number of benzene rings is 2. The summed E-state index contributed by atoms with van der Waals surface area (Å²) in [6, 6.07) is 16.0. The second-order valence-electron chi connectivity index (χ2n) is 5.24. The number of aryl methyl sites for hydroxylation is 1. The lowest BCUT2D eigenvalue weighted by molar-refractivity contribution is 0.382. The van der Waals surface area contributed by atoms with Crippen LogP contribution in [0.5, 0.6) is 5.75 Å². The normalized spacial score (nSPS) is 12.1. The van der Waals surface area contributed by atoms with Gasteiger partial charge in [-0.25, -0.2) is 4.39 Å². The van der Waals surface area contributed by atoms with Crippen LogP contribution in [0.15, 0.2) is 48.5 Å². The van der Waals surface area contributed by atoms with Crippen LogP contribution in [0.3, 0.4) is 0 Å². The van der Waals surface area contributed by atoms with E-state index >= 15 is 0 Å². The van der Waals surface area contributed by atoms with Crippen molar-refractivity contribution in [1.29, 1.82) is 0 Å². The molecule has 3 heteroatoms. The van der Waals surface area contributed by atoms with E-state index in [1.165, 1.54) is 12.7 Å². The van der Waals surface area contributed by atoms with Gasteiger partial charge in [0, 0.05) is 18.2 Å². The van der Waals surface area contributed by atoms with Crippen molar-refractivity contribution in [1.82, 2.24) is 5.32 Å². The van der Waals surface area contributed by atoms with Crippen LogP contribution in [0, 0.1) is 5.82 Å². The highest BCUT2D eigenvalue weighted by Gasteiger charge is 2.09. The summed E-state index contributed by atoms with van der Waals surface area (Å²) >= 11 is 0. The molecule has 0 radical (unpaired) electrons. The second kappa shape index (κ2) is 7.79. The third-order valence-electron chi connectivity index (χ3n) is 3.61. The van der Waals surface area contributed by atoms with Crippen LogP contribution in [-0.2, 0) is 13.0 Å². The first-order valence-electron chi connectivity index (χ1n) is 7.29. The average Bonchev–Trinajstić information content (AvgIpc) is 2.53. The molecule has 0 aliphatic rings. The summed E-state index contributed by atoms with van der Waals surface area (Å²) in [5.74, 6) is 0.0222. The van der Waals surface area contributed by atoms with Gasteiger partial charge in [0.2, 0.25) is 0 Å². The number of hydrogen-bond acceptors (Lipinski definition) is 2. The maximum atomic E-state index is 14.0. The molecule has 0 spiro atoms. The van der Waals surface area contributed by atoms with Gasteiger partial charge in [0.25, 0.3) is 0 Å². The fraction of sp³-hybridized carbons (Fsp3) is 0.333. The first-order valence-corrected chi connectivity index (χ1v) is 7.29. The Balaban J connectivity index is 1.83. The summed E-state index contributed by atoms with van der Waals surface area (Å²) < 4.78 is 19.0. The van der Waals surface area contributed by atoms with Crippen molar-refractivity contribution in [2.24, 2.45) is 0 Å². The molecule has 0 bridgehead atoms. The zero-order valence-electron chi connectivity index (χ0n) is 12.6. The van der Waals surface area contributed by atoms with Gasteiger partial charge in [0.15, 0.2) is 11.6 Å². The Bertz CT molecular complexity index is 556. The number of rotatable bonds is 7. The van der Waals surface area contributed by atoms with Crippen LogP contribution in [0.2, 0.25) is 0 Å². The van der Waals surface area contributed by atoms with Crippen LogP contribution >= 0.6 is 0 Å². The summed E-state index contributed by atoms with van der Waals surface area (Å²) in [6.45, 7) is 2.64. The Hall–Kier alpha value is -1.87. The molecule has 0 heterocycles. The van der Waals surface area contributed by atoms with Crippen molar-refractivity contribution in [3.8, 4) is 5.75 Å². The number of hydrogen-bond donors (Lipinski definition) is 1. The fourth-order valence-corrected chi connectivity index (χ4v) is 2.26. The van der Waals surface area contributed by atoms with Gasteiger partial charge in [0.05, 0.1) is 7.11 Å². The summed E-state index contributed by atoms with van der Waals surface area (Å²) in [5, 5.41) is 3.37. The number of ether oxygens (including phenoxy) is 1. The highest BCUT2D eigenvalue weighted by molar-refractivity contribution is 5.30. The van der Waals surface area contributed by atoms with E-state index < -0.39 is 0 Å². The van der Waals surface area contributed by atoms with Crippen LogP contribution in [-0.4, -0.2) is 13.2 Å². The number of nitrogens with one attached hydrogen (secondary N) is 1. The molecule has 0 aliphatic carbocycles. The van der Waals surface area contributed by atoms with E-state index in [1.54, 1.807) is 12.1 Å². The lowest BCUT2D eigenvalue weighted by atomic mass is 10.1. The van der Waals surface area contributed by atoms with E-state index in [1.807, 2.05) is 12.1 Å². The molecule has 112 valence electrons. The maximum absolute atomic E-state index is 14.0. The van der Waals surface area contributed by atoms with Crippen molar-refractivity contribution >= 4 is 0 Å². The Kier molecular flexibility index (Phi) is 5.76. The molecule has 21 heavy (non-hydrogen) atoms. The molecule has 1 unspecified atom stereocenters. The van der Waals surface area contributed by atoms with E-state index in [9.17, 15) is 4.39 Å². The third-order valence-corrected chi connectivity index (χ3v) is 3.61. The monoisotopic (exact) mass is 287 g/mol. The maximum Gasteiger partial charge on any atom is 0.169 e. The van der Waals surface area contributed by atoms with Gasteiger partial charge in [-0.05, 0) is 31.4 Å². The minimum atomic E-state index is -0.275. The average molecular weight is 287 g/mol. The molecule has 0 saturated carbocycles. The van der Waals surface area contributed by atoms with Gasteiger partial charge in [-0.3, -0.25) is 0 Å². The molecule has 0 aliphatic heterocycles. The SMILES string of the molecule is COc1cccc(CNC(C)CCc2ccccc2)c1F. The summed E-state index contributed by atoms with van der Waals surface area (Å²) in [4.78, 5) is 0. The number of halogens is 1. The van der Waals surface area contributed by atoms with Gasteiger partial charge >= 0.3 is 0 Å². The largest absolute Gasteiger partial charge is 0.494 e. The predicted octanol–water partition coefficient (Wildman–Crippen LogP) is 3.95. The van der Waals surface area contributed by atoms with Crippen LogP contribution in [0.4, 0.5) is 4.39 Å². The van der Waals surface area contributed by atoms with E-state index in [0.29, 0.717) is 23.9 Å². The van der Waals surface area contributed by atoms with Gasteiger partial charge in [-0.15, -0.1) is 0 Å². The zero-order chi connectivity index (χ0) is 15.1. The van der Waals surface area contributed by atoms with E-state index in [2.05, 4.69) is 36.5 Å². The molecule has 1 atom stereocenters. The lowest BCUT2D eigenvalue weighted by Crippen LogP contribution is -2.26. The van der Waals surface area contributed by atoms with Crippen LogP contribution in [0.25, 0.3) is 0 Å². The van der Waals surface area contributed by atoms with Crippen LogP contribution in [0.1, 0.15) is 24.5 Å². The number of methoxy groups -OCH3 is 1. The Labute approximate surface area is 126 Å². The smallest absolute Gasteiger partial charge is 0.169 e. The van der Waals surface area contributed by atoms with E-state index in [-0.39, 0.29) is 5.82 Å². The topological polar surface area (TPSA) is 21.3 Å². The van der Waals surface area contributed by atoms with Gasteiger partial charge in [-0.2, -0.15) is 0 Å². The summed E-state index contributed by atoms with van der Waals surface area (Å²) in [7, 11) is 1.48. The quantitative estimate of drug-likeness (QED) is 0.832. The molecule has 0 amide bonds. The standard InChI is InChI=1S/C18H22FNO/c1-14(11-12-15-7-4-3-5-8-15)20-13-16-9-6-10-17(21-2)18(16)19/h3-10,14,20H,11-13H2,1-2H3. The lowest BCUT2D eigenvalue weighted by Gasteiger charge is -2.15. The Morgan fingerprint density at radius 2 is 1.86 bits per heavy atom. The second-order valence-corrected chi connectivity index (χ2v) is 5.24. The molecule has 1 N–H and O–H groups in total. The zero-order valence-corrected chi connectivity index (χ0v) is 12.6. The first kappa shape index (κ1) is 15.5. The molecule has 0 aromatic heterocycles. The van der Waals surface area contributed by atoms with Crippen LogP contribution < -0.4 is 10.1 Å². The van der Waals surface area contributed by atoms with Crippen molar-refractivity contribution < 1.29 is 9.13 Å². The van der Waals surface area contributed by atoms with Gasteiger partial charge in [0.1, 0.15) is 0 Å².